The van der Waals surface area contributed by atoms with Crippen LogP contribution in [0.4, 0.5) is 0 Å². The Morgan fingerprint density at radius 2 is 1.70 bits per heavy atom. The molecule has 6 heteroatoms. The highest BCUT2D eigenvalue weighted by Gasteiger charge is 2.30. The summed E-state index contributed by atoms with van der Waals surface area (Å²) in [7, 11) is 1.83. The Morgan fingerprint density at radius 3 is 2.19 bits per heavy atom. The number of amides is 1. The first-order valence-corrected chi connectivity index (χ1v) is 9.07. The van der Waals surface area contributed by atoms with E-state index >= 15 is 0 Å². The third kappa shape index (κ3) is 5.56. The predicted octanol–water partition coefficient (Wildman–Crippen LogP) is 3.96. The molecule has 0 aliphatic heterocycles. The smallest absolute Gasteiger partial charge is 0.257 e. The van der Waals surface area contributed by atoms with E-state index in [-0.39, 0.29) is 29.1 Å². The van der Waals surface area contributed by atoms with Gasteiger partial charge in [-0.25, -0.2) is 4.68 Å². The van der Waals surface area contributed by atoms with Crippen LogP contribution in [0, 0.1) is 12.3 Å². The average molecular weight is 393 g/mol. The summed E-state index contributed by atoms with van der Waals surface area (Å²) in [6, 6.07) is 8.13. The maximum Gasteiger partial charge on any atom is 0.257 e. The van der Waals surface area contributed by atoms with E-state index in [1.807, 2.05) is 37.5 Å². The number of nitrogens with zero attached hydrogens (tertiary/aromatic N) is 3. The molecule has 2 N–H and O–H groups in total. The van der Waals surface area contributed by atoms with Crippen molar-refractivity contribution in [1.29, 1.82) is 0 Å². The summed E-state index contributed by atoms with van der Waals surface area (Å²) in [6.45, 7) is 13.5. The molecule has 1 aromatic heterocycles. The van der Waals surface area contributed by atoms with E-state index in [2.05, 4.69) is 41.5 Å². The molecule has 0 bridgehead atoms. The minimum Gasteiger partial charge on any atom is -0.341 e. The molecule has 5 nitrogen and oxygen atoms in total. The van der Waals surface area contributed by atoms with Gasteiger partial charge in [0.25, 0.3) is 5.91 Å². The largest absolute Gasteiger partial charge is 0.341 e. The van der Waals surface area contributed by atoms with Crippen molar-refractivity contribution in [3.8, 4) is 5.69 Å². The SMILES string of the molecule is Cc1ccc(-n2cc(C(=O)N(C)CC(C)(C)CN)c(C(C)(C)C)n2)cc1.Cl. The molecule has 0 saturated heterocycles. The number of benzene rings is 1. The van der Waals surface area contributed by atoms with Crippen LogP contribution in [-0.2, 0) is 5.41 Å². The lowest BCUT2D eigenvalue weighted by molar-refractivity contribution is 0.0738. The maximum absolute atomic E-state index is 13.1. The third-order valence-electron chi connectivity index (χ3n) is 4.52. The zero-order valence-electron chi connectivity index (χ0n) is 17.5. The minimum atomic E-state index is -0.231. The molecular formula is C21H33ClN4O. The number of hydrogen-bond acceptors (Lipinski definition) is 3. The molecule has 1 aromatic carbocycles. The molecule has 2 aromatic rings. The van der Waals surface area contributed by atoms with Crippen molar-refractivity contribution in [2.75, 3.05) is 20.1 Å². The normalized spacial score (nSPS) is 11.9. The fourth-order valence-electron chi connectivity index (χ4n) is 2.90. The van der Waals surface area contributed by atoms with Crippen molar-refractivity contribution in [3.05, 3.63) is 47.3 Å². The highest BCUT2D eigenvalue weighted by atomic mass is 35.5. The number of hydrogen-bond donors (Lipinski definition) is 1. The molecule has 0 aliphatic rings. The van der Waals surface area contributed by atoms with Gasteiger partial charge in [-0.15, -0.1) is 12.4 Å². The first-order chi connectivity index (χ1) is 11.9. The second kappa shape index (κ2) is 8.44. The Hall–Kier alpha value is -1.85. The summed E-state index contributed by atoms with van der Waals surface area (Å²) in [5.41, 5.74) is 9.07. The van der Waals surface area contributed by atoms with Gasteiger partial charge in [0.1, 0.15) is 0 Å². The van der Waals surface area contributed by atoms with Gasteiger partial charge in [0, 0.05) is 25.2 Å². The van der Waals surface area contributed by atoms with Gasteiger partial charge in [-0.1, -0.05) is 52.3 Å². The topological polar surface area (TPSA) is 64.2 Å². The van der Waals surface area contributed by atoms with E-state index in [0.29, 0.717) is 18.7 Å². The monoisotopic (exact) mass is 392 g/mol. The summed E-state index contributed by atoms with van der Waals surface area (Å²) in [4.78, 5) is 14.9. The molecule has 1 heterocycles. The number of aryl methyl sites for hydroxylation is 1. The molecule has 0 radical (unpaired) electrons. The number of halogens is 1. The van der Waals surface area contributed by atoms with Crippen molar-refractivity contribution in [2.24, 2.45) is 11.1 Å². The number of nitrogens with two attached hydrogens (primary N) is 1. The molecule has 150 valence electrons. The fourth-order valence-corrected chi connectivity index (χ4v) is 2.90. The highest BCUT2D eigenvalue weighted by molar-refractivity contribution is 5.95. The van der Waals surface area contributed by atoms with Crippen LogP contribution < -0.4 is 5.73 Å². The van der Waals surface area contributed by atoms with Crippen LogP contribution in [-0.4, -0.2) is 40.7 Å². The Kier molecular flexibility index (Phi) is 7.25. The molecule has 0 aliphatic carbocycles. The van der Waals surface area contributed by atoms with Gasteiger partial charge >= 0.3 is 0 Å². The highest BCUT2D eigenvalue weighted by Crippen LogP contribution is 2.27. The van der Waals surface area contributed by atoms with Gasteiger partial charge in [-0.2, -0.15) is 5.10 Å². The van der Waals surface area contributed by atoms with Crippen LogP contribution in [0.1, 0.15) is 56.2 Å². The van der Waals surface area contributed by atoms with E-state index in [1.54, 1.807) is 9.58 Å². The second-order valence-electron chi connectivity index (χ2n) is 8.95. The molecular weight excluding hydrogens is 360 g/mol. The standard InChI is InChI=1S/C21H32N4O.ClH/c1-15-8-10-16(11-9-15)25-12-17(18(23-25)20(2,3)4)19(26)24(7)14-21(5,6)13-22;/h8-12H,13-14,22H2,1-7H3;1H. The zero-order valence-corrected chi connectivity index (χ0v) is 18.4. The first-order valence-electron chi connectivity index (χ1n) is 9.07. The van der Waals surface area contributed by atoms with Crippen LogP contribution in [0.25, 0.3) is 5.69 Å². The van der Waals surface area contributed by atoms with E-state index in [0.717, 1.165) is 11.4 Å². The Bertz CT molecular complexity index is 772. The number of carbonyl (C=O) groups excluding carboxylic acids is 1. The van der Waals surface area contributed by atoms with Crippen LogP contribution in [0.15, 0.2) is 30.5 Å². The summed E-state index contributed by atoms with van der Waals surface area (Å²) in [5.74, 6) is -0.0187. The van der Waals surface area contributed by atoms with Gasteiger partial charge < -0.3 is 10.6 Å². The summed E-state index contributed by atoms with van der Waals surface area (Å²) in [5, 5.41) is 4.75. The third-order valence-corrected chi connectivity index (χ3v) is 4.52. The van der Waals surface area contributed by atoms with Gasteiger partial charge in [0.2, 0.25) is 0 Å². The van der Waals surface area contributed by atoms with Crippen molar-refractivity contribution in [1.82, 2.24) is 14.7 Å². The molecule has 0 unspecified atom stereocenters. The van der Waals surface area contributed by atoms with E-state index in [1.165, 1.54) is 5.56 Å². The Balaban J connectivity index is 0.00000364. The van der Waals surface area contributed by atoms with Crippen LogP contribution in [0.5, 0.6) is 0 Å². The summed E-state index contributed by atoms with van der Waals surface area (Å²) >= 11 is 0. The minimum absolute atomic E-state index is 0. The van der Waals surface area contributed by atoms with Crippen molar-refractivity contribution in [3.63, 3.8) is 0 Å². The lowest BCUT2D eigenvalue weighted by atomic mass is 9.89. The lowest BCUT2D eigenvalue weighted by Crippen LogP contribution is -2.40. The fraction of sp³-hybridized carbons (Fsp3) is 0.524. The van der Waals surface area contributed by atoms with Gasteiger partial charge in [-0.05, 0) is 31.0 Å². The van der Waals surface area contributed by atoms with E-state index in [9.17, 15) is 4.79 Å². The van der Waals surface area contributed by atoms with Gasteiger partial charge in [0.05, 0.1) is 16.9 Å². The zero-order chi connectivity index (χ0) is 19.7. The molecule has 0 saturated carbocycles. The Labute approximate surface area is 169 Å². The van der Waals surface area contributed by atoms with E-state index < -0.39 is 0 Å². The maximum atomic E-state index is 13.1. The lowest BCUT2D eigenvalue weighted by Gasteiger charge is -2.29. The number of rotatable bonds is 5. The number of carbonyl (C=O) groups is 1. The summed E-state index contributed by atoms with van der Waals surface area (Å²) < 4.78 is 1.80. The molecule has 0 fully saturated rings. The quantitative estimate of drug-likeness (QED) is 0.837. The molecule has 2 rings (SSSR count). The predicted molar refractivity (Wildman–Crippen MR) is 114 cm³/mol. The Morgan fingerprint density at radius 1 is 1.15 bits per heavy atom. The molecule has 1 amide bonds. The van der Waals surface area contributed by atoms with Crippen LogP contribution >= 0.6 is 12.4 Å². The van der Waals surface area contributed by atoms with Crippen molar-refractivity contribution >= 4 is 18.3 Å². The van der Waals surface area contributed by atoms with Crippen LogP contribution in [0.3, 0.4) is 0 Å². The first kappa shape index (κ1) is 23.2. The molecule has 0 atom stereocenters. The number of aromatic nitrogens is 2. The van der Waals surface area contributed by atoms with Crippen molar-refractivity contribution < 1.29 is 4.79 Å². The summed E-state index contributed by atoms with van der Waals surface area (Å²) in [6.07, 6.45) is 1.85. The van der Waals surface area contributed by atoms with Gasteiger partial charge in [0.15, 0.2) is 0 Å². The molecule has 0 spiro atoms. The average Bonchev–Trinajstić information content (AvgIpc) is 3.00. The molecule has 27 heavy (non-hydrogen) atoms. The van der Waals surface area contributed by atoms with Gasteiger partial charge in [-0.3, -0.25) is 4.79 Å². The van der Waals surface area contributed by atoms with E-state index in [4.69, 9.17) is 10.8 Å². The van der Waals surface area contributed by atoms with Crippen molar-refractivity contribution in [2.45, 2.75) is 47.0 Å². The second-order valence-corrected chi connectivity index (χ2v) is 8.95. The van der Waals surface area contributed by atoms with Crippen LogP contribution in [0.2, 0.25) is 0 Å².